The van der Waals surface area contributed by atoms with Gasteiger partial charge in [-0.2, -0.15) is 5.10 Å². The predicted molar refractivity (Wildman–Crippen MR) is 76.8 cm³/mol. The van der Waals surface area contributed by atoms with E-state index < -0.39 is 0 Å². The van der Waals surface area contributed by atoms with Crippen molar-refractivity contribution in [2.75, 3.05) is 13.2 Å². The lowest BCUT2D eigenvalue weighted by atomic mass is 10.2. The highest BCUT2D eigenvalue weighted by atomic mass is 19.1. The van der Waals surface area contributed by atoms with Gasteiger partial charge in [-0.25, -0.2) is 9.07 Å². The van der Waals surface area contributed by atoms with Crippen molar-refractivity contribution in [2.45, 2.75) is 13.8 Å². The Hall–Kier alpha value is -2.21. The van der Waals surface area contributed by atoms with Gasteiger partial charge < -0.3 is 10.4 Å². The Morgan fingerprint density at radius 1 is 1.43 bits per heavy atom. The molecule has 1 atom stereocenters. The maximum absolute atomic E-state index is 12.9. The Labute approximate surface area is 122 Å². The quantitative estimate of drug-likeness (QED) is 0.880. The van der Waals surface area contributed by atoms with Crippen LogP contribution >= 0.6 is 0 Å². The van der Waals surface area contributed by atoms with Crippen LogP contribution in [0.1, 0.15) is 23.1 Å². The van der Waals surface area contributed by atoms with Crippen LogP contribution in [0.25, 0.3) is 5.69 Å². The summed E-state index contributed by atoms with van der Waals surface area (Å²) >= 11 is 0. The third-order valence-corrected chi connectivity index (χ3v) is 3.11. The van der Waals surface area contributed by atoms with Crippen molar-refractivity contribution >= 4 is 5.91 Å². The average Bonchev–Trinajstić information content (AvgIpc) is 2.87. The van der Waals surface area contributed by atoms with Crippen LogP contribution in [0.2, 0.25) is 0 Å². The number of aliphatic hydroxyl groups excluding tert-OH is 1. The SMILES string of the molecule is Cc1cc(C(=O)NCC(C)CO)nn1-c1ccc(F)cc1. The Morgan fingerprint density at radius 2 is 2.10 bits per heavy atom. The zero-order valence-corrected chi connectivity index (χ0v) is 12.0. The number of hydrogen-bond donors (Lipinski definition) is 2. The number of benzene rings is 1. The number of aliphatic hydroxyl groups is 1. The number of nitrogens with zero attached hydrogens (tertiary/aromatic N) is 2. The van der Waals surface area contributed by atoms with Crippen molar-refractivity contribution in [3.63, 3.8) is 0 Å². The molecule has 1 unspecified atom stereocenters. The fourth-order valence-electron chi connectivity index (χ4n) is 1.85. The second-order valence-corrected chi connectivity index (χ2v) is 5.06. The van der Waals surface area contributed by atoms with Gasteiger partial charge in [0.1, 0.15) is 5.82 Å². The number of aromatic nitrogens is 2. The Kier molecular flexibility index (Phi) is 4.70. The molecule has 0 spiro atoms. The van der Waals surface area contributed by atoms with Gasteiger partial charge in [-0.3, -0.25) is 4.79 Å². The summed E-state index contributed by atoms with van der Waals surface area (Å²) in [7, 11) is 0. The lowest BCUT2D eigenvalue weighted by Crippen LogP contribution is -2.29. The van der Waals surface area contributed by atoms with E-state index in [1.807, 2.05) is 13.8 Å². The molecular formula is C15H18FN3O2. The van der Waals surface area contributed by atoms with Gasteiger partial charge >= 0.3 is 0 Å². The van der Waals surface area contributed by atoms with Gasteiger partial charge in [-0.1, -0.05) is 6.92 Å². The zero-order valence-electron chi connectivity index (χ0n) is 12.0. The largest absolute Gasteiger partial charge is 0.396 e. The molecular weight excluding hydrogens is 273 g/mol. The standard InChI is InChI=1S/C15H18FN3O2/c1-10(9-20)8-17-15(21)14-7-11(2)19(18-14)13-5-3-12(16)4-6-13/h3-7,10,20H,8-9H2,1-2H3,(H,17,21). The van der Waals surface area contributed by atoms with Gasteiger partial charge in [0.15, 0.2) is 5.69 Å². The normalized spacial score (nSPS) is 12.2. The van der Waals surface area contributed by atoms with Gasteiger partial charge in [0.2, 0.25) is 0 Å². The first kappa shape index (κ1) is 15.2. The summed E-state index contributed by atoms with van der Waals surface area (Å²) in [6.45, 7) is 4.06. The third kappa shape index (κ3) is 3.66. The average molecular weight is 291 g/mol. The van der Waals surface area contributed by atoms with Gasteiger partial charge in [0.25, 0.3) is 5.91 Å². The maximum atomic E-state index is 12.9. The van der Waals surface area contributed by atoms with Gasteiger partial charge in [-0.05, 0) is 43.2 Å². The summed E-state index contributed by atoms with van der Waals surface area (Å²) in [5.41, 5.74) is 1.76. The van der Waals surface area contributed by atoms with Crippen LogP contribution in [0.15, 0.2) is 30.3 Å². The number of hydrogen-bond acceptors (Lipinski definition) is 3. The number of halogens is 1. The number of carbonyl (C=O) groups is 1. The van der Waals surface area contributed by atoms with Crippen LogP contribution in [0.5, 0.6) is 0 Å². The lowest BCUT2D eigenvalue weighted by Gasteiger charge is -2.08. The molecule has 0 saturated heterocycles. The van der Waals surface area contributed by atoms with Gasteiger partial charge in [-0.15, -0.1) is 0 Å². The minimum absolute atomic E-state index is 0.00534. The van der Waals surface area contributed by atoms with E-state index in [9.17, 15) is 9.18 Å². The molecule has 112 valence electrons. The molecule has 2 N–H and O–H groups in total. The summed E-state index contributed by atoms with van der Waals surface area (Å²) in [6, 6.07) is 7.57. The molecule has 1 aromatic carbocycles. The highest BCUT2D eigenvalue weighted by Crippen LogP contribution is 2.13. The molecule has 1 aromatic heterocycles. The van der Waals surface area contributed by atoms with Crippen LogP contribution in [0.3, 0.4) is 0 Å². The first-order valence-electron chi connectivity index (χ1n) is 6.73. The molecule has 2 rings (SSSR count). The number of aryl methyl sites for hydroxylation is 1. The Morgan fingerprint density at radius 3 is 2.71 bits per heavy atom. The van der Waals surface area contributed by atoms with E-state index in [0.717, 1.165) is 5.69 Å². The molecule has 6 heteroatoms. The van der Waals surface area contributed by atoms with Crippen LogP contribution in [0.4, 0.5) is 4.39 Å². The maximum Gasteiger partial charge on any atom is 0.271 e. The lowest BCUT2D eigenvalue weighted by molar-refractivity contribution is 0.0937. The molecule has 1 amide bonds. The highest BCUT2D eigenvalue weighted by Gasteiger charge is 2.13. The van der Waals surface area contributed by atoms with Crippen LogP contribution in [-0.4, -0.2) is 33.9 Å². The molecule has 5 nitrogen and oxygen atoms in total. The van der Waals surface area contributed by atoms with Crippen molar-refractivity contribution in [1.29, 1.82) is 0 Å². The summed E-state index contributed by atoms with van der Waals surface area (Å²) in [6.07, 6.45) is 0. The molecule has 0 aliphatic heterocycles. The van der Waals surface area contributed by atoms with E-state index in [4.69, 9.17) is 5.11 Å². The fourth-order valence-corrected chi connectivity index (χ4v) is 1.85. The minimum atomic E-state index is -0.320. The molecule has 1 heterocycles. The van der Waals surface area contributed by atoms with Crippen molar-refractivity contribution in [1.82, 2.24) is 15.1 Å². The first-order chi connectivity index (χ1) is 10.0. The second kappa shape index (κ2) is 6.49. The van der Waals surface area contributed by atoms with Crippen molar-refractivity contribution in [3.05, 3.63) is 47.5 Å². The van der Waals surface area contributed by atoms with E-state index in [2.05, 4.69) is 10.4 Å². The van der Waals surface area contributed by atoms with Gasteiger partial charge in [0.05, 0.1) is 5.69 Å². The molecule has 2 aromatic rings. The molecule has 21 heavy (non-hydrogen) atoms. The van der Waals surface area contributed by atoms with E-state index >= 15 is 0 Å². The second-order valence-electron chi connectivity index (χ2n) is 5.06. The molecule has 0 radical (unpaired) electrons. The van der Waals surface area contributed by atoms with Crippen LogP contribution < -0.4 is 5.32 Å². The zero-order chi connectivity index (χ0) is 15.4. The fraction of sp³-hybridized carbons (Fsp3) is 0.333. The number of rotatable bonds is 5. The molecule has 0 aliphatic carbocycles. The first-order valence-corrected chi connectivity index (χ1v) is 6.73. The minimum Gasteiger partial charge on any atom is -0.396 e. The summed E-state index contributed by atoms with van der Waals surface area (Å²) < 4.78 is 14.5. The van der Waals surface area contributed by atoms with E-state index in [-0.39, 0.29) is 24.2 Å². The number of amides is 1. The Balaban J connectivity index is 2.15. The van der Waals surface area contributed by atoms with Crippen LogP contribution in [0, 0.1) is 18.7 Å². The van der Waals surface area contributed by atoms with Gasteiger partial charge in [0, 0.05) is 18.8 Å². The molecule has 0 aliphatic rings. The third-order valence-electron chi connectivity index (χ3n) is 3.11. The monoisotopic (exact) mass is 291 g/mol. The molecule has 0 bridgehead atoms. The van der Waals surface area contributed by atoms with Crippen molar-refractivity contribution < 1.29 is 14.3 Å². The highest BCUT2D eigenvalue weighted by molar-refractivity contribution is 5.92. The van der Waals surface area contributed by atoms with Crippen LogP contribution in [-0.2, 0) is 0 Å². The summed E-state index contributed by atoms with van der Waals surface area (Å²) in [5.74, 6) is -0.618. The molecule has 0 saturated carbocycles. The van der Waals surface area contributed by atoms with Crippen molar-refractivity contribution in [3.8, 4) is 5.69 Å². The summed E-state index contributed by atoms with van der Waals surface area (Å²) in [4.78, 5) is 12.0. The smallest absolute Gasteiger partial charge is 0.271 e. The topological polar surface area (TPSA) is 67.2 Å². The Bertz CT molecular complexity index is 622. The summed E-state index contributed by atoms with van der Waals surface area (Å²) in [5, 5.41) is 15.9. The van der Waals surface area contributed by atoms with E-state index in [0.29, 0.717) is 17.9 Å². The number of carbonyl (C=O) groups excluding carboxylic acids is 1. The van der Waals surface area contributed by atoms with E-state index in [1.54, 1.807) is 22.9 Å². The van der Waals surface area contributed by atoms with Crippen molar-refractivity contribution in [2.24, 2.45) is 5.92 Å². The molecule has 0 fully saturated rings. The number of nitrogens with one attached hydrogen (secondary N) is 1. The van der Waals surface area contributed by atoms with E-state index in [1.165, 1.54) is 12.1 Å². The predicted octanol–water partition coefficient (Wildman–Crippen LogP) is 1.68.